The van der Waals surface area contributed by atoms with E-state index < -0.39 is 0 Å². The van der Waals surface area contributed by atoms with Crippen LogP contribution in [0.15, 0.2) is 35.4 Å². The minimum absolute atomic E-state index is 0.0318. The molecule has 0 fully saturated rings. The largest absolute Gasteiger partial charge is 0.379 e. The second-order valence-electron chi connectivity index (χ2n) is 5.25. The quantitative estimate of drug-likeness (QED) is 0.672. The Morgan fingerprint density at radius 2 is 2.10 bits per heavy atom. The smallest absolute Gasteiger partial charge is 0.262 e. The Morgan fingerprint density at radius 1 is 1.29 bits per heavy atom. The molecule has 0 saturated heterocycles. The van der Waals surface area contributed by atoms with Gasteiger partial charge in [0.05, 0.1) is 17.0 Å². The molecule has 0 amide bonds. The highest BCUT2D eigenvalue weighted by molar-refractivity contribution is 5.79. The first-order chi connectivity index (χ1) is 10.2. The molecule has 2 aromatic heterocycles. The lowest BCUT2D eigenvalue weighted by Gasteiger charge is -2.11. The Kier molecular flexibility index (Phi) is 3.70. The molecule has 3 aromatic rings. The van der Waals surface area contributed by atoms with Crippen LogP contribution in [0.4, 0.5) is 0 Å². The predicted octanol–water partition coefficient (Wildman–Crippen LogP) is 1.86. The number of para-hydroxylation sites is 1. The lowest BCUT2D eigenvalue weighted by molar-refractivity contribution is 0.0748. The maximum absolute atomic E-state index is 12.6. The maximum Gasteiger partial charge on any atom is 0.262 e. The molecule has 0 radical (unpaired) electrons. The normalized spacial score (nSPS) is 11.8. The van der Waals surface area contributed by atoms with Crippen LogP contribution in [0.2, 0.25) is 0 Å². The molecule has 110 valence electrons. The second kappa shape index (κ2) is 5.65. The third-order valence-corrected chi connectivity index (χ3v) is 3.39. The van der Waals surface area contributed by atoms with Crippen LogP contribution in [-0.4, -0.2) is 31.9 Å². The first-order valence-electron chi connectivity index (χ1n) is 7.11. The van der Waals surface area contributed by atoms with Gasteiger partial charge in [-0.25, -0.2) is 0 Å². The Hall–Kier alpha value is -2.21. The van der Waals surface area contributed by atoms with Gasteiger partial charge in [-0.15, -0.1) is 10.2 Å². The first-order valence-corrected chi connectivity index (χ1v) is 7.11. The molecule has 0 unspecified atom stereocenters. The van der Waals surface area contributed by atoms with Crippen LogP contribution in [0.25, 0.3) is 16.7 Å². The molecule has 0 saturated carbocycles. The topological polar surface area (TPSA) is 61.4 Å². The summed E-state index contributed by atoms with van der Waals surface area (Å²) >= 11 is 0. The number of hydrogen-bond acceptors (Lipinski definition) is 4. The third kappa shape index (κ3) is 2.54. The summed E-state index contributed by atoms with van der Waals surface area (Å²) in [5, 5.41) is 8.69. The van der Waals surface area contributed by atoms with Crippen molar-refractivity contribution in [2.24, 2.45) is 0 Å². The van der Waals surface area contributed by atoms with Crippen molar-refractivity contribution in [2.75, 3.05) is 6.61 Å². The number of ether oxygens (including phenoxy) is 1. The van der Waals surface area contributed by atoms with Gasteiger partial charge in [0.25, 0.3) is 5.56 Å². The van der Waals surface area contributed by atoms with Gasteiger partial charge in [0.2, 0.25) is 5.78 Å². The van der Waals surface area contributed by atoms with Crippen LogP contribution in [0.1, 0.15) is 20.3 Å². The van der Waals surface area contributed by atoms with Crippen LogP contribution < -0.4 is 5.56 Å². The molecule has 0 spiro atoms. The summed E-state index contributed by atoms with van der Waals surface area (Å²) in [6.45, 7) is 5.19. The molecular formula is C15H18N4O2. The fourth-order valence-electron chi connectivity index (χ4n) is 2.43. The molecular weight excluding hydrogens is 268 g/mol. The van der Waals surface area contributed by atoms with E-state index >= 15 is 0 Å². The van der Waals surface area contributed by atoms with Gasteiger partial charge in [0.1, 0.15) is 6.33 Å². The molecule has 0 aliphatic carbocycles. The van der Waals surface area contributed by atoms with Gasteiger partial charge in [0, 0.05) is 13.2 Å². The van der Waals surface area contributed by atoms with Crippen LogP contribution in [-0.2, 0) is 11.3 Å². The number of rotatable bonds is 5. The maximum atomic E-state index is 12.6. The molecule has 6 nitrogen and oxygen atoms in total. The highest BCUT2D eigenvalue weighted by Gasteiger charge is 2.11. The van der Waals surface area contributed by atoms with Crippen LogP contribution in [0.3, 0.4) is 0 Å². The van der Waals surface area contributed by atoms with E-state index in [9.17, 15) is 4.79 Å². The molecule has 0 atom stereocenters. The molecule has 21 heavy (non-hydrogen) atoms. The molecule has 0 aliphatic rings. The summed E-state index contributed by atoms with van der Waals surface area (Å²) in [6, 6.07) is 7.51. The van der Waals surface area contributed by atoms with Crippen molar-refractivity contribution < 1.29 is 4.74 Å². The third-order valence-electron chi connectivity index (χ3n) is 3.39. The summed E-state index contributed by atoms with van der Waals surface area (Å²) in [5.74, 6) is 0.572. The van der Waals surface area contributed by atoms with Gasteiger partial charge in [-0.1, -0.05) is 12.1 Å². The fraction of sp³-hybridized carbons (Fsp3) is 0.400. The summed E-state index contributed by atoms with van der Waals surface area (Å²) in [7, 11) is 0. The van der Waals surface area contributed by atoms with E-state index in [4.69, 9.17) is 4.74 Å². The Balaban J connectivity index is 2.02. The number of benzene rings is 1. The van der Waals surface area contributed by atoms with Crippen molar-refractivity contribution in [1.82, 2.24) is 19.2 Å². The Bertz CT molecular complexity index is 819. The lowest BCUT2D eigenvalue weighted by atomic mass is 10.2. The van der Waals surface area contributed by atoms with Gasteiger partial charge < -0.3 is 4.74 Å². The van der Waals surface area contributed by atoms with E-state index in [2.05, 4.69) is 10.2 Å². The number of aryl methyl sites for hydroxylation is 1. The van der Waals surface area contributed by atoms with Gasteiger partial charge in [-0.2, -0.15) is 0 Å². The highest BCUT2D eigenvalue weighted by Crippen LogP contribution is 2.11. The molecule has 3 rings (SSSR count). The molecule has 6 heteroatoms. The van der Waals surface area contributed by atoms with Crippen molar-refractivity contribution in [3.63, 3.8) is 0 Å². The van der Waals surface area contributed by atoms with Crippen molar-refractivity contribution in [1.29, 1.82) is 0 Å². The van der Waals surface area contributed by atoms with Gasteiger partial charge in [0.15, 0.2) is 0 Å². The number of hydrogen-bond donors (Lipinski definition) is 0. The molecule has 2 heterocycles. The molecule has 1 aromatic carbocycles. The van der Waals surface area contributed by atoms with E-state index in [0.717, 1.165) is 11.9 Å². The predicted molar refractivity (Wildman–Crippen MR) is 80.5 cm³/mol. The van der Waals surface area contributed by atoms with Crippen molar-refractivity contribution >= 4 is 16.7 Å². The van der Waals surface area contributed by atoms with Crippen LogP contribution >= 0.6 is 0 Å². The average Bonchev–Trinajstić information content (AvgIpc) is 2.95. The summed E-state index contributed by atoms with van der Waals surface area (Å²) in [4.78, 5) is 12.6. The second-order valence-corrected chi connectivity index (χ2v) is 5.25. The van der Waals surface area contributed by atoms with Crippen LogP contribution in [0, 0.1) is 0 Å². The van der Waals surface area contributed by atoms with E-state index in [0.29, 0.717) is 24.3 Å². The van der Waals surface area contributed by atoms with Crippen molar-refractivity contribution in [3.8, 4) is 0 Å². The summed E-state index contributed by atoms with van der Waals surface area (Å²) in [6.07, 6.45) is 2.60. The Labute approximate surface area is 122 Å². The van der Waals surface area contributed by atoms with E-state index in [1.54, 1.807) is 10.9 Å². The highest BCUT2D eigenvalue weighted by atomic mass is 16.5. The number of nitrogens with zero attached hydrogens (tertiary/aromatic N) is 4. The summed E-state index contributed by atoms with van der Waals surface area (Å²) < 4.78 is 9.04. The molecule has 0 aliphatic heterocycles. The number of fused-ring (bicyclic) bond motifs is 3. The lowest BCUT2D eigenvalue weighted by Crippen LogP contribution is -2.24. The fourth-order valence-corrected chi connectivity index (χ4v) is 2.43. The SMILES string of the molecule is CC(C)OCCCn1c(=O)c2ccccc2n2cnnc12. The minimum atomic E-state index is -0.0318. The standard InChI is InChI=1S/C15H18N4O2/c1-11(2)21-9-5-8-18-14(20)12-6-3-4-7-13(12)19-10-16-17-15(18)19/h3-4,6-7,10-11H,5,8-9H2,1-2H3. The molecule has 0 N–H and O–H groups in total. The van der Waals surface area contributed by atoms with E-state index in [-0.39, 0.29) is 11.7 Å². The van der Waals surface area contributed by atoms with Gasteiger partial charge >= 0.3 is 0 Å². The number of aromatic nitrogens is 4. The van der Waals surface area contributed by atoms with E-state index in [1.165, 1.54) is 0 Å². The molecule has 0 bridgehead atoms. The van der Waals surface area contributed by atoms with Gasteiger partial charge in [-0.3, -0.25) is 13.8 Å². The zero-order valence-electron chi connectivity index (χ0n) is 12.2. The minimum Gasteiger partial charge on any atom is -0.379 e. The average molecular weight is 286 g/mol. The summed E-state index contributed by atoms with van der Waals surface area (Å²) in [5.41, 5.74) is 0.799. The van der Waals surface area contributed by atoms with Crippen LogP contribution in [0.5, 0.6) is 0 Å². The van der Waals surface area contributed by atoms with Gasteiger partial charge in [-0.05, 0) is 32.4 Å². The zero-order valence-corrected chi connectivity index (χ0v) is 12.2. The van der Waals surface area contributed by atoms with Crippen molar-refractivity contribution in [3.05, 3.63) is 40.9 Å². The zero-order chi connectivity index (χ0) is 14.8. The monoisotopic (exact) mass is 286 g/mol. The first kappa shape index (κ1) is 13.8. The Morgan fingerprint density at radius 3 is 2.90 bits per heavy atom. The van der Waals surface area contributed by atoms with E-state index in [1.807, 2.05) is 42.5 Å². The van der Waals surface area contributed by atoms with Crippen molar-refractivity contribution in [2.45, 2.75) is 32.9 Å².